The van der Waals surface area contributed by atoms with E-state index < -0.39 is 0 Å². The number of benzene rings is 2. The summed E-state index contributed by atoms with van der Waals surface area (Å²) < 4.78 is 6.07. The molecule has 0 spiro atoms. The van der Waals surface area contributed by atoms with Gasteiger partial charge in [-0.25, -0.2) is 4.79 Å². The van der Waals surface area contributed by atoms with Crippen molar-refractivity contribution in [1.29, 1.82) is 0 Å². The Labute approximate surface area is 164 Å². The lowest BCUT2D eigenvalue weighted by Gasteiger charge is -2.33. The maximum atomic E-state index is 13.2. The highest BCUT2D eigenvalue weighted by molar-refractivity contribution is 6.30. The molecule has 1 fully saturated rings. The number of hydrogen-bond acceptors (Lipinski definition) is 3. The Bertz CT molecular complexity index is 899. The van der Waals surface area contributed by atoms with Crippen molar-refractivity contribution in [3.05, 3.63) is 77.5 Å². The Kier molecular flexibility index (Phi) is 4.87. The fraction of sp³-hybridized carbons (Fsp3) is 0.227. The minimum Gasteiger partial charge on any atom is -0.457 e. The highest BCUT2D eigenvalue weighted by atomic mass is 35.5. The van der Waals surface area contributed by atoms with Crippen molar-refractivity contribution in [3.63, 3.8) is 0 Å². The van der Waals surface area contributed by atoms with Crippen LogP contribution in [0.2, 0.25) is 5.02 Å². The summed E-state index contributed by atoms with van der Waals surface area (Å²) in [6, 6.07) is 15.0. The smallest absolute Gasteiger partial charge is 0.326 e. The van der Waals surface area contributed by atoms with Crippen LogP contribution in [-0.4, -0.2) is 19.0 Å². The van der Waals surface area contributed by atoms with Crippen LogP contribution in [0, 0.1) is 5.92 Å². The van der Waals surface area contributed by atoms with Crippen LogP contribution in [0.1, 0.15) is 12.8 Å². The highest BCUT2D eigenvalue weighted by Gasteiger charge is 2.47. The van der Waals surface area contributed by atoms with Crippen molar-refractivity contribution in [2.24, 2.45) is 11.7 Å². The van der Waals surface area contributed by atoms with Crippen molar-refractivity contribution in [2.45, 2.75) is 12.8 Å². The Hall–Kier alpha value is -2.40. The molecule has 2 aliphatic rings. The van der Waals surface area contributed by atoms with Crippen molar-refractivity contribution in [1.82, 2.24) is 4.48 Å². The van der Waals surface area contributed by atoms with Crippen molar-refractivity contribution < 1.29 is 9.53 Å². The summed E-state index contributed by atoms with van der Waals surface area (Å²) in [7, 11) is 0. The molecule has 0 aromatic heterocycles. The number of nitrogens with two attached hydrogens (primary N) is 1. The lowest BCUT2D eigenvalue weighted by atomic mass is 10.1. The summed E-state index contributed by atoms with van der Waals surface area (Å²) in [4.78, 5) is 13.2. The third-order valence-corrected chi connectivity index (χ3v) is 5.27. The van der Waals surface area contributed by atoms with Gasteiger partial charge in [-0.05, 0) is 55.3 Å². The Balaban J connectivity index is 1.63. The average molecular weight is 382 g/mol. The van der Waals surface area contributed by atoms with E-state index in [-0.39, 0.29) is 16.3 Å². The van der Waals surface area contributed by atoms with Crippen LogP contribution >= 0.6 is 11.6 Å². The Morgan fingerprint density at radius 1 is 1.07 bits per heavy atom. The molecule has 1 unspecified atom stereocenters. The van der Waals surface area contributed by atoms with Gasteiger partial charge in [-0.2, -0.15) is 4.48 Å². The zero-order valence-electron chi connectivity index (χ0n) is 15.0. The first-order valence-corrected chi connectivity index (χ1v) is 9.53. The van der Waals surface area contributed by atoms with Crippen LogP contribution in [0.15, 0.2) is 72.5 Å². The molecule has 1 atom stereocenters. The maximum absolute atomic E-state index is 13.2. The van der Waals surface area contributed by atoms with Crippen molar-refractivity contribution in [2.75, 3.05) is 13.1 Å². The van der Waals surface area contributed by atoms with Crippen LogP contribution in [0.5, 0.6) is 11.5 Å². The molecular formula is C22H22ClN2O2+. The monoisotopic (exact) mass is 381 g/mol. The molecule has 0 radical (unpaired) electrons. The second-order valence-electron chi connectivity index (χ2n) is 7.02. The minimum absolute atomic E-state index is 0.150. The van der Waals surface area contributed by atoms with Gasteiger partial charge < -0.3 is 10.5 Å². The standard InChI is InChI=1S/C22H22ClN2O2/c23-18-5-9-20(10-6-18)27-21-11-7-19(8-12-21)25(22(26)17-3-4-17)13-1-2-16(14-24)15-25/h1-2,5-12,15,17H,3-4,13-14,24H2/q+1. The molecule has 1 amide bonds. The first-order valence-electron chi connectivity index (χ1n) is 9.15. The van der Waals surface area contributed by atoms with Gasteiger partial charge in [0.15, 0.2) is 0 Å². The van der Waals surface area contributed by atoms with Gasteiger partial charge in [-0.15, -0.1) is 0 Å². The quantitative estimate of drug-likeness (QED) is 0.757. The van der Waals surface area contributed by atoms with Gasteiger partial charge in [-0.1, -0.05) is 17.7 Å². The molecule has 1 saturated carbocycles. The number of carbonyl (C=O) groups excluding carboxylic acids is 1. The van der Waals surface area contributed by atoms with Crippen LogP contribution < -0.4 is 15.0 Å². The van der Waals surface area contributed by atoms with Gasteiger partial charge >= 0.3 is 5.91 Å². The van der Waals surface area contributed by atoms with Gasteiger partial charge in [0.1, 0.15) is 29.9 Å². The summed E-state index contributed by atoms with van der Waals surface area (Å²) in [5, 5.41) is 0.670. The number of amides is 1. The van der Waals surface area contributed by atoms with Gasteiger partial charge in [0.25, 0.3) is 0 Å². The lowest BCUT2D eigenvalue weighted by molar-refractivity contribution is -0.129. The lowest BCUT2D eigenvalue weighted by Crippen LogP contribution is -2.52. The fourth-order valence-electron chi connectivity index (χ4n) is 3.41. The zero-order chi connectivity index (χ0) is 18.9. The molecule has 0 bridgehead atoms. The van der Waals surface area contributed by atoms with Crippen LogP contribution in [0.3, 0.4) is 0 Å². The predicted octanol–water partition coefficient (Wildman–Crippen LogP) is 4.79. The first kappa shape index (κ1) is 18.0. The zero-order valence-corrected chi connectivity index (χ0v) is 15.7. The number of quaternary nitrogens is 1. The summed E-state index contributed by atoms with van der Waals surface area (Å²) >= 11 is 5.91. The molecule has 4 nitrogen and oxygen atoms in total. The Morgan fingerprint density at radius 2 is 1.70 bits per heavy atom. The van der Waals surface area contributed by atoms with E-state index in [0.29, 0.717) is 23.9 Å². The van der Waals surface area contributed by atoms with Crippen molar-refractivity contribution in [3.8, 4) is 11.5 Å². The van der Waals surface area contributed by atoms with E-state index in [0.717, 1.165) is 29.9 Å². The molecule has 0 saturated heterocycles. The van der Waals surface area contributed by atoms with Gasteiger partial charge in [0.05, 0.1) is 5.92 Å². The second-order valence-corrected chi connectivity index (χ2v) is 7.46. The molecule has 1 aliphatic carbocycles. The number of nitrogens with zero attached hydrogens (tertiary/aromatic N) is 1. The molecular weight excluding hydrogens is 360 g/mol. The van der Waals surface area contributed by atoms with Crippen LogP contribution in [-0.2, 0) is 4.79 Å². The minimum atomic E-state index is 0.150. The van der Waals surface area contributed by atoms with E-state index in [1.54, 1.807) is 12.1 Å². The van der Waals surface area contributed by atoms with E-state index in [1.807, 2.05) is 54.8 Å². The topological polar surface area (TPSA) is 52.3 Å². The van der Waals surface area contributed by atoms with E-state index in [1.165, 1.54) is 0 Å². The summed E-state index contributed by atoms with van der Waals surface area (Å²) in [6.07, 6.45) is 8.02. The second kappa shape index (κ2) is 7.31. The van der Waals surface area contributed by atoms with E-state index in [4.69, 9.17) is 22.1 Å². The number of rotatable bonds is 5. The maximum Gasteiger partial charge on any atom is 0.326 e. The average Bonchev–Trinajstić information content (AvgIpc) is 3.55. The largest absolute Gasteiger partial charge is 0.457 e. The molecule has 5 heteroatoms. The fourth-order valence-corrected chi connectivity index (χ4v) is 3.53. The summed E-state index contributed by atoms with van der Waals surface area (Å²) in [6.45, 7) is 1.04. The molecule has 1 heterocycles. The number of hydrogen-bond donors (Lipinski definition) is 1. The van der Waals surface area contributed by atoms with E-state index in [2.05, 4.69) is 0 Å². The van der Waals surface area contributed by atoms with Gasteiger partial charge in [0, 0.05) is 29.3 Å². The summed E-state index contributed by atoms with van der Waals surface area (Å²) in [5.41, 5.74) is 7.76. The SMILES string of the molecule is NCC1=C[N+](C(=O)C2CC2)(c2ccc(Oc3ccc(Cl)cc3)cc2)CC=C1. The Morgan fingerprint density at radius 3 is 2.30 bits per heavy atom. The molecule has 2 aromatic rings. The van der Waals surface area contributed by atoms with E-state index >= 15 is 0 Å². The first-order chi connectivity index (χ1) is 13.1. The molecule has 2 aromatic carbocycles. The molecule has 2 N–H and O–H groups in total. The van der Waals surface area contributed by atoms with Crippen LogP contribution in [0.25, 0.3) is 0 Å². The van der Waals surface area contributed by atoms with Gasteiger partial charge in [0.2, 0.25) is 0 Å². The molecule has 27 heavy (non-hydrogen) atoms. The molecule has 1 aliphatic heterocycles. The normalized spacial score (nSPS) is 21.6. The molecule has 4 rings (SSSR count). The number of ether oxygens (including phenoxy) is 1. The third-order valence-electron chi connectivity index (χ3n) is 5.01. The van der Waals surface area contributed by atoms with Gasteiger partial charge in [-0.3, -0.25) is 0 Å². The predicted molar refractivity (Wildman–Crippen MR) is 109 cm³/mol. The summed E-state index contributed by atoms with van der Waals surface area (Å²) in [5.74, 6) is 1.83. The van der Waals surface area contributed by atoms with E-state index in [9.17, 15) is 4.79 Å². The third kappa shape index (κ3) is 3.69. The molecule has 138 valence electrons. The highest BCUT2D eigenvalue weighted by Crippen LogP contribution is 2.39. The number of halogens is 1. The van der Waals surface area contributed by atoms with Crippen LogP contribution in [0.4, 0.5) is 5.69 Å². The number of carbonyl (C=O) groups is 1. The van der Waals surface area contributed by atoms with Crippen molar-refractivity contribution >= 4 is 23.2 Å².